The molecule has 4 heteroatoms. The number of hydrogen-bond acceptors (Lipinski definition) is 4. The van der Waals surface area contributed by atoms with Crippen molar-refractivity contribution < 1.29 is 4.74 Å². The molecule has 1 saturated heterocycles. The fourth-order valence-corrected chi connectivity index (χ4v) is 4.42. The maximum Gasteiger partial charge on any atom is 0.0572 e. The Labute approximate surface area is 109 Å². The molecule has 1 atom stereocenters. The summed E-state index contributed by atoms with van der Waals surface area (Å²) < 4.78 is 5.48. The van der Waals surface area contributed by atoms with Gasteiger partial charge in [-0.3, -0.25) is 4.90 Å². The van der Waals surface area contributed by atoms with E-state index in [4.69, 9.17) is 10.5 Å². The molecule has 1 aliphatic carbocycles. The Hall–Kier alpha value is 0.230. The Bertz CT molecular complexity index is 242. The van der Waals surface area contributed by atoms with Crippen LogP contribution in [0, 0.1) is 0 Å². The third-order valence-electron chi connectivity index (χ3n) is 4.55. The minimum atomic E-state index is 0.259. The summed E-state index contributed by atoms with van der Waals surface area (Å²) in [7, 11) is 1.83. The topological polar surface area (TPSA) is 38.5 Å². The van der Waals surface area contributed by atoms with Gasteiger partial charge in [-0.05, 0) is 32.6 Å². The van der Waals surface area contributed by atoms with Crippen LogP contribution in [0.1, 0.15) is 32.6 Å². The summed E-state index contributed by atoms with van der Waals surface area (Å²) in [6.07, 6.45) is 5.21. The molecular formula is C13H26N2OS. The molecule has 2 aliphatic rings. The van der Waals surface area contributed by atoms with Gasteiger partial charge in [-0.1, -0.05) is 0 Å². The van der Waals surface area contributed by atoms with Crippen molar-refractivity contribution in [3.05, 3.63) is 0 Å². The van der Waals surface area contributed by atoms with Crippen molar-refractivity contribution in [3.8, 4) is 0 Å². The molecule has 2 N–H and O–H groups in total. The number of ether oxygens (including phenoxy) is 1. The largest absolute Gasteiger partial charge is 0.381 e. The molecule has 0 bridgehead atoms. The fourth-order valence-electron chi connectivity index (χ4n) is 3.40. The first-order valence-electron chi connectivity index (χ1n) is 6.79. The number of thioether (sulfide) groups is 1. The molecule has 1 aliphatic heterocycles. The number of methoxy groups -OCH3 is 1. The van der Waals surface area contributed by atoms with E-state index in [-0.39, 0.29) is 5.54 Å². The van der Waals surface area contributed by atoms with Gasteiger partial charge in [0, 0.05) is 43.3 Å². The first-order valence-corrected chi connectivity index (χ1v) is 7.95. The lowest BCUT2D eigenvalue weighted by Gasteiger charge is -2.51. The zero-order valence-corrected chi connectivity index (χ0v) is 12.0. The molecule has 0 radical (unpaired) electrons. The smallest absolute Gasteiger partial charge is 0.0572 e. The van der Waals surface area contributed by atoms with E-state index in [1.165, 1.54) is 43.7 Å². The summed E-state index contributed by atoms with van der Waals surface area (Å²) in [5.74, 6) is 2.52. The van der Waals surface area contributed by atoms with Gasteiger partial charge in [0.1, 0.15) is 0 Å². The molecule has 3 nitrogen and oxygen atoms in total. The van der Waals surface area contributed by atoms with Crippen LogP contribution >= 0.6 is 11.8 Å². The van der Waals surface area contributed by atoms with Crippen LogP contribution in [0.2, 0.25) is 0 Å². The van der Waals surface area contributed by atoms with Gasteiger partial charge in [-0.15, -0.1) is 0 Å². The van der Waals surface area contributed by atoms with Gasteiger partial charge in [0.05, 0.1) is 6.10 Å². The van der Waals surface area contributed by atoms with Crippen molar-refractivity contribution in [2.45, 2.75) is 50.3 Å². The number of nitrogens with two attached hydrogens (primary N) is 1. The Balaban J connectivity index is 2.03. The van der Waals surface area contributed by atoms with Crippen LogP contribution in [0.5, 0.6) is 0 Å². The van der Waals surface area contributed by atoms with E-state index in [1.807, 2.05) is 7.11 Å². The maximum absolute atomic E-state index is 6.13. The second-order valence-corrected chi connectivity index (χ2v) is 6.63. The molecule has 0 aromatic rings. The molecule has 100 valence electrons. The van der Waals surface area contributed by atoms with Crippen molar-refractivity contribution in [3.63, 3.8) is 0 Å². The number of nitrogens with zero attached hydrogens (tertiary/aromatic N) is 1. The highest BCUT2D eigenvalue weighted by Crippen LogP contribution is 2.37. The van der Waals surface area contributed by atoms with E-state index < -0.39 is 0 Å². The van der Waals surface area contributed by atoms with Crippen LogP contribution in [-0.2, 0) is 4.74 Å². The van der Waals surface area contributed by atoms with E-state index in [9.17, 15) is 0 Å². The fraction of sp³-hybridized carbons (Fsp3) is 1.00. The average molecular weight is 258 g/mol. The number of rotatable bonds is 3. The summed E-state index contributed by atoms with van der Waals surface area (Å²) in [4.78, 5) is 2.69. The second kappa shape index (κ2) is 5.91. The lowest BCUT2D eigenvalue weighted by molar-refractivity contribution is -0.0178. The van der Waals surface area contributed by atoms with Gasteiger partial charge in [0.15, 0.2) is 0 Å². The van der Waals surface area contributed by atoms with E-state index in [0.717, 1.165) is 6.54 Å². The molecule has 1 unspecified atom stereocenters. The highest BCUT2D eigenvalue weighted by molar-refractivity contribution is 7.99. The summed E-state index contributed by atoms with van der Waals surface area (Å²) in [5.41, 5.74) is 6.39. The average Bonchev–Trinajstić information content (AvgIpc) is 2.39. The van der Waals surface area contributed by atoms with E-state index in [2.05, 4.69) is 23.6 Å². The highest BCUT2D eigenvalue weighted by atomic mass is 32.2. The predicted octanol–water partition coefficient (Wildman–Crippen LogP) is 1.71. The molecule has 1 heterocycles. The molecule has 0 amide bonds. The van der Waals surface area contributed by atoms with E-state index >= 15 is 0 Å². The van der Waals surface area contributed by atoms with Crippen LogP contribution in [0.15, 0.2) is 0 Å². The number of hydrogen-bond donors (Lipinski definition) is 1. The summed E-state index contributed by atoms with van der Waals surface area (Å²) in [6, 6.07) is 0.677. The Morgan fingerprint density at radius 3 is 2.65 bits per heavy atom. The zero-order chi connectivity index (χ0) is 12.3. The van der Waals surface area contributed by atoms with Crippen LogP contribution in [0.3, 0.4) is 0 Å². The minimum absolute atomic E-state index is 0.259. The predicted molar refractivity (Wildman–Crippen MR) is 74.5 cm³/mol. The van der Waals surface area contributed by atoms with E-state index in [0.29, 0.717) is 12.1 Å². The third-order valence-corrected chi connectivity index (χ3v) is 5.74. The molecule has 0 aromatic heterocycles. The van der Waals surface area contributed by atoms with Crippen LogP contribution in [0.4, 0.5) is 0 Å². The first kappa shape index (κ1) is 13.7. The normalized spacial score (nSPS) is 40.4. The quantitative estimate of drug-likeness (QED) is 0.836. The van der Waals surface area contributed by atoms with Crippen molar-refractivity contribution in [1.82, 2.24) is 4.90 Å². The molecule has 0 spiro atoms. The van der Waals surface area contributed by atoms with E-state index in [1.54, 1.807) is 0 Å². The van der Waals surface area contributed by atoms with Gasteiger partial charge in [0.2, 0.25) is 0 Å². The monoisotopic (exact) mass is 258 g/mol. The maximum atomic E-state index is 6.13. The zero-order valence-electron chi connectivity index (χ0n) is 11.2. The summed E-state index contributed by atoms with van der Waals surface area (Å²) >= 11 is 2.08. The Morgan fingerprint density at radius 2 is 2.12 bits per heavy atom. The summed E-state index contributed by atoms with van der Waals surface area (Å²) in [5, 5.41) is 0. The lowest BCUT2D eigenvalue weighted by atomic mass is 9.78. The molecule has 0 aromatic carbocycles. The van der Waals surface area contributed by atoms with Crippen LogP contribution < -0.4 is 5.73 Å². The van der Waals surface area contributed by atoms with Gasteiger partial charge in [-0.25, -0.2) is 0 Å². The van der Waals surface area contributed by atoms with Gasteiger partial charge in [0.25, 0.3) is 0 Å². The van der Waals surface area contributed by atoms with Crippen LogP contribution in [-0.4, -0.2) is 54.3 Å². The second-order valence-electron chi connectivity index (χ2n) is 5.48. The van der Waals surface area contributed by atoms with Crippen molar-refractivity contribution in [1.29, 1.82) is 0 Å². The van der Waals surface area contributed by atoms with Gasteiger partial charge < -0.3 is 10.5 Å². The van der Waals surface area contributed by atoms with Gasteiger partial charge in [-0.2, -0.15) is 11.8 Å². The van der Waals surface area contributed by atoms with Crippen molar-refractivity contribution in [2.75, 3.05) is 31.7 Å². The molecule has 2 fully saturated rings. The van der Waals surface area contributed by atoms with Crippen molar-refractivity contribution >= 4 is 11.8 Å². The third kappa shape index (κ3) is 2.80. The molecule has 17 heavy (non-hydrogen) atoms. The Kier molecular flexibility index (Phi) is 4.75. The standard InChI is InChI=1S/C13H26N2OS/c1-11-9-17-8-7-15(11)13(10-14)5-3-12(16-2)4-6-13/h11-12H,3-10,14H2,1-2H3. The lowest BCUT2D eigenvalue weighted by Crippen LogP contribution is -2.61. The highest BCUT2D eigenvalue weighted by Gasteiger charge is 2.41. The first-order chi connectivity index (χ1) is 8.22. The molecular weight excluding hydrogens is 232 g/mol. The molecule has 1 saturated carbocycles. The van der Waals surface area contributed by atoms with Crippen LogP contribution in [0.25, 0.3) is 0 Å². The molecule has 2 rings (SSSR count). The Morgan fingerprint density at radius 1 is 1.41 bits per heavy atom. The SMILES string of the molecule is COC1CCC(CN)(N2CCSCC2C)CC1. The summed E-state index contributed by atoms with van der Waals surface area (Å²) in [6.45, 7) is 4.37. The van der Waals surface area contributed by atoms with Gasteiger partial charge >= 0.3 is 0 Å². The minimum Gasteiger partial charge on any atom is -0.381 e. The van der Waals surface area contributed by atoms with Crippen molar-refractivity contribution in [2.24, 2.45) is 5.73 Å².